The van der Waals surface area contributed by atoms with E-state index in [1.807, 2.05) is 0 Å². The lowest BCUT2D eigenvalue weighted by atomic mass is 10.1. The molecule has 6 nitrogen and oxygen atoms in total. The predicted molar refractivity (Wildman–Crippen MR) is 91.8 cm³/mol. The van der Waals surface area contributed by atoms with Gasteiger partial charge in [-0.1, -0.05) is 11.6 Å². The molecule has 0 saturated heterocycles. The van der Waals surface area contributed by atoms with Crippen molar-refractivity contribution in [3.8, 4) is 5.69 Å². The highest BCUT2D eigenvalue weighted by molar-refractivity contribution is 6.37. The first-order valence-electron chi connectivity index (χ1n) is 7.69. The topological polar surface area (TPSA) is 74.2 Å². The molecule has 0 radical (unpaired) electrons. The number of rotatable bonds is 2. The van der Waals surface area contributed by atoms with E-state index in [2.05, 4.69) is 0 Å². The molecule has 0 aliphatic heterocycles. The fraction of sp³-hybridized carbons (Fsp3) is 0.235. The number of halogens is 5. The maximum absolute atomic E-state index is 14.7. The third-order valence-electron chi connectivity index (χ3n) is 4.20. The molecule has 28 heavy (non-hydrogen) atoms. The molecular weight excluding hydrogens is 408 g/mol. The monoisotopic (exact) mass is 418 g/mol. The Balaban J connectivity index is 2.53. The Morgan fingerprint density at radius 1 is 1.21 bits per heavy atom. The third-order valence-corrected chi connectivity index (χ3v) is 4.50. The maximum Gasteiger partial charge on any atom is 0.431 e. The molecule has 0 spiro atoms. The molecule has 0 atom stereocenters. The highest BCUT2D eigenvalue weighted by Crippen LogP contribution is 2.37. The number of aromatic nitrogens is 2. The summed E-state index contributed by atoms with van der Waals surface area (Å²) >= 11 is 6.01. The minimum Gasteiger partial charge on any atom is -0.458 e. The zero-order valence-corrected chi connectivity index (χ0v) is 15.3. The Morgan fingerprint density at radius 2 is 1.82 bits per heavy atom. The second-order valence-corrected chi connectivity index (χ2v) is 6.43. The van der Waals surface area contributed by atoms with Crippen molar-refractivity contribution in [2.45, 2.75) is 20.0 Å². The average molecular weight is 419 g/mol. The van der Waals surface area contributed by atoms with Crippen LogP contribution < -0.4 is 11.2 Å². The van der Waals surface area contributed by atoms with Gasteiger partial charge in [0, 0.05) is 13.1 Å². The number of fused-ring (bicyclic) bond motifs is 1. The largest absolute Gasteiger partial charge is 0.458 e. The molecule has 0 bridgehead atoms. The summed E-state index contributed by atoms with van der Waals surface area (Å²) in [6.07, 6.45) is -4.97. The molecule has 0 aliphatic carbocycles. The summed E-state index contributed by atoms with van der Waals surface area (Å²) in [6.45, 7) is 2.60. The number of aryl methyl sites for hydroxylation is 1. The second kappa shape index (κ2) is 6.33. The summed E-state index contributed by atoms with van der Waals surface area (Å²) in [5.74, 6) is -1.60. The fourth-order valence-corrected chi connectivity index (χ4v) is 3.31. The third kappa shape index (κ3) is 2.84. The van der Waals surface area contributed by atoms with Gasteiger partial charge in [-0.3, -0.25) is 14.2 Å². The summed E-state index contributed by atoms with van der Waals surface area (Å²) in [4.78, 5) is 36.7. The molecule has 2 heterocycles. The van der Waals surface area contributed by atoms with Crippen LogP contribution in [0.1, 0.15) is 28.7 Å². The van der Waals surface area contributed by atoms with Crippen molar-refractivity contribution >= 4 is 28.4 Å². The number of alkyl halides is 3. The van der Waals surface area contributed by atoms with Crippen LogP contribution in [0.2, 0.25) is 5.02 Å². The van der Waals surface area contributed by atoms with Gasteiger partial charge in [-0.25, -0.2) is 13.8 Å². The number of benzene rings is 1. The predicted octanol–water partition coefficient (Wildman–Crippen LogP) is 3.60. The van der Waals surface area contributed by atoms with Crippen molar-refractivity contribution in [2.24, 2.45) is 7.05 Å². The smallest absolute Gasteiger partial charge is 0.431 e. The first kappa shape index (κ1) is 19.9. The lowest BCUT2D eigenvalue weighted by Gasteiger charge is -2.14. The van der Waals surface area contributed by atoms with E-state index in [4.69, 9.17) is 16.0 Å². The first-order valence-corrected chi connectivity index (χ1v) is 8.06. The van der Waals surface area contributed by atoms with Gasteiger partial charge in [-0.2, -0.15) is 13.2 Å². The Labute approximate surface area is 158 Å². The Hall–Kier alpha value is -2.88. The second-order valence-electron chi connectivity index (χ2n) is 6.02. The summed E-state index contributed by atoms with van der Waals surface area (Å²) < 4.78 is 59.5. The minimum atomic E-state index is -4.97. The van der Waals surface area contributed by atoms with Crippen LogP contribution in [-0.2, 0) is 13.2 Å². The van der Waals surface area contributed by atoms with E-state index in [0.29, 0.717) is 0 Å². The normalized spacial score (nSPS) is 12.0. The maximum atomic E-state index is 14.7. The van der Waals surface area contributed by atoms with Crippen LogP contribution in [0, 0.1) is 12.7 Å². The van der Waals surface area contributed by atoms with Crippen LogP contribution >= 0.6 is 11.6 Å². The van der Waals surface area contributed by atoms with Gasteiger partial charge >= 0.3 is 11.9 Å². The van der Waals surface area contributed by atoms with Gasteiger partial charge < -0.3 is 4.42 Å². The Bertz CT molecular complexity index is 1270. The van der Waals surface area contributed by atoms with Gasteiger partial charge in [0.05, 0.1) is 16.0 Å². The van der Waals surface area contributed by atoms with Crippen LogP contribution in [0.5, 0.6) is 0 Å². The van der Waals surface area contributed by atoms with E-state index in [9.17, 15) is 31.9 Å². The Kier molecular flexibility index (Phi) is 4.49. The standard InChI is InChI=1S/C17H11ClF4N2O4/c1-6(25)12-7(2)28-15-13(12)8(18)4-9(19)14(15)24-11(26)5-10(17(20,21)22)23(3)16(24)27/h4-5H,1-3H3. The van der Waals surface area contributed by atoms with Crippen molar-refractivity contribution in [1.82, 2.24) is 9.13 Å². The molecule has 0 N–H and O–H groups in total. The number of carbonyl (C=O) groups is 1. The Morgan fingerprint density at radius 3 is 2.36 bits per heavy atom. The molecule has 148 valence electrons. The molecule has 0 amide bonds. The van der Waals surface area contributed by atoms with Gasteiger partial charge in [0.2, 0.25) is 0 Å². The van der Waals surface area contributed by atoms with Crippen molar-refractivity contribution in [2.75, 3.05) is 0 Å². The van der Waals surface area contributed by atoms with E-state index in [0.717, 1.165) is 13.1 Å². The molecule has 0 aliphatic rings. The lowest BCUT2D eigenvalue weighted by Crippen LogP contribution is -2.41. The van der Waals surface area contributed by atoms with Crippen molar-refractivity contribution < 1.29 is 26.8 Å². The van der Waals surface area contributed by atoms with Gasteiger partial charge in [0.25, 0.3) is 5.56 Å². The van der Waals surface area contributed by atoms with Crippen molar-refractivity contribution in [1.29, 1.82) is 0 Å². The van der Waals surface area contributed by atoms with Crippen LogP contribution in [0.4, 0.5) is 17.6 Å². The number of nitrogens with zero attached hydrogens (tertiary/aromatic N) is 2. The zero-order valence-electron chi connectivity index (χ0n) is 14.6. The fourth-order valence-electron chi connectivity index (χ4n) is 3.04. The lowest BCUT2D eigenvalue weighted by molar-refractivity contribution is -0.144. The van der Waals surface area contributed by atoms with Crippen molar-refractivity contribution in [3.05, 3.63) is 60.8 Å². The summed E-state index contributed by atoms with van der Waals surface area (Å²) in [5, 5.41) is -0.257. The van der Waals surface area contributed by atoms with Crippen LogP contribution in [-0.4, -0.2) is 14.9 Å². The van der Waals surface area contributed by atoms with E-state index in [1.165, 1.54) is 13.8 Å². The number of ketones is 1. The minimum absolute atomic E-state index is 0.0121. The van der Waals surface area contributed by atoms with E-state index in [1.54, 1.807) is 0 Å². The molecular formula is C17H11ClF4N2O4. The molecule has 0 unspecified atom stereocenters. The van der Waals surface area contributed by atoms with E-state index < -0.39 is 46.0 Å². The number of furan rings is 1. The quantitative estimate of drug-likeness (QED) is 0.471. The van der Waals surface area contributed by atoms with Gasteiger partial charge in [-0.15, -0.1) is 0 Å². The number of hydrogen-bond acceptors (Lipinski definition) is 4. The number of Topliss-reactive ketones (excluding diaryl/α,β-unsaturated/α-hetero) is 1. The number of hydrogen-bond donors (Lipinski definition) is 0. The molecule has 2 aromatic heterocycles. The van der Waals surface area contributed by atoms with Gasteiger partial charge in [0.1, 0.15) is 17.1 Å². The van der Waals surface area contributed by atoms with E-state index in [-0.39, 0.29) is 36.9 Å². The highest BCUT2D eigenvalue weighted by atomic mass is 35.5. The van der Waals surface area contributed by atoms with Crippen LogP contribution in [0.15, 0.2) is 26.1 Å². The summed E-state index contributed by atoms with van der Waals surface area (Å²) in [7, 11) is 0.792. The molecule has 11 heteroatoms. The van der Waals surface area contributed by atoms with Crippen LogP contribution in [0.25, 0.3) is 16.7 Å². The van der Waals surface area contributed by atoms with E-state index >= 15 is 0 Å². The van der Waals surface area contributed by atoms with Crippen LogP contribution in [0.3, 0.4) is 0 Å². The molecule has 3 aromatic rings. The SMILES string of the molecule is CC(=O)c1c(C)oc2c(-n3c(=O)cc(C(F)(F)F)n(C)c3=O)c(F)cc(Cl)c12. The average Bonchev–Trinajstić information content (AvgIpc) is 2.90. The van der Waals surface area contributed by atoms with Crippen molar-refractivity contribution in [3.63, 3.8) is 0 Å². The highest BCUT2D eigenvalue weighted by Gasteiger charge is 2.36. The molecule has 1 aromatic carbocycles. The van der Waals surface area contributed by atoms with Gasteiger partial charge in [0.15, 0.2) is 17.2 Å². The van der Waals surface area contributed by atoms with Gasteiger partial charge in [-0.05, 0) is 19.9 Å². The summed E-state index contributed by atoms with van der Waals surface area (Å²) in [6, 6.07) is 0.924. The summed E-state index contributed by atoms with van der Waals surface area (Å²) in [5.41, 5.74) is -5.47. The molecule has 3 rings (SSSR count). The molecule has 0 saturated carbocycles. The first-order chi connectivity index (χ1) is 12.9. The zero-order chi connectivity index (χ0) is 21.1. The molecule has 0 fully saturated rings. The number of carbonyl (C=O) groups excluding carboxylic acids is 1.